The van der Waals surface area contributed by atoms with Crippen LogP contribution < -0.4 is 5.32 Å². The van der Waals surface area contributed by atoms with Gasteiger partial charge in [-0.1, -0.05) is 15.9 Å². The number of hydrogen-bond acceptors (Lipinski definition) is 2. The Kier molecular flexibility index (Phi) is 4.03. The van der Waals surface area contributed by atoms with Crippen molar-refractivity contribution in [1.29, 1.82) is 0 Å². The Morgan fingerprint density at radius 3 is 2.20 bits per heavy atom. The molecule has 1 N–H and O–H groups in total. The van der Waals surface area contributed by atoms with E-state index in [1.54, 1.807) is 31.2 Å². The number of alkyl halides is 1. The highest BCUT2D eigenvalue weighted by Crippen LogP contribution is 2.11. The smallest absolute Gasteiger partial charge is 0.237 e. The molecule has 0 aliphatic carbocycles. The Morgan fingerprint density at radius 2 is 1.80 bits per heavy atom. The van der Waals surface area contributed by atoms with Gasteiger partial charge >= 0.3 is 0 Å². The number of amides is 1. The summed E-state index contributed by atoms with van der Waals surface area (Å²) >= 11 is 3.17. The topological polar surface area (TPSA) is 46.2 Å². The lowest BCUT2D eigenvalue weighted by Crippen LogP contribution is -2.19. The number of nitrogens with one attached hydrogen (secondary N) is 1. The number of Topliss-reactive ketones (excluding diaryl/α,β-unsaturated/α-hetero) is 1. The van der Waals surface area contributed by atoms with Crippen molar-refractivity contribution in [3.05, 3.63) is 29.8 Å². The summed E-state index contributed by atoms with van der Waals surface area (Å²) in [6, 6.07) is 6.81. The van der Waals surface area contributed by atoms with E-state index < -0.39 is 0 Å². The number of carbonyl (C=O) groups excluding carboxylic acids is 2. The molecule has 1 amide bonds. The van der Waals surface area contributed by atoms with Crippen LogP contribution in [0.15, 0.2) is 24.3 Å². The molecule has 80 valence electrons. The van der Waals surface area contributed by atoms with Gasteiger partial charge in [0, 0.05) is 11.3 Å². The third-order valence-electron chi connectivity index (χ3n) is 1.92. The summed E-state index contributed by atoms with van der Waals surface area (Å²) in [6.45, 7) is 3.26. The molecule has 0 saturated heterocycles. The van der Waals surface area contributed by atoms with Crippen LogP contribution in [0.1, 0.15) is 24.2 Å². The van der Waals surface area contributed by atoms with Crippen molar-refractivity contribution in [3.8, 4) is 0 Å². The molecule has 0 saturated carbocycles. The zero-order valence-electron chi connectivity index (χ0n) is 8.58. The molecular weight excluding hydrogens is 258 g/mol. The normalized spacial score (nSPS) is 11.9. The van der Waals surface area contributed by atoms with Crippen molar-refractivity contribution in [3.63, 3.8) is 0 Å². The van der Waals surface area contributed by atoms with Crippen LogP contribution in [-0.2, 0) is 4.79 Å². The van der Waals surface area contributed by atoms with Crippen molar-refractivity contribution in [1.82, 2.24) is 0 Å². The molecule has 0 unspecified atom stereocenters. The van der Waals surface area contributed by atoms with Crippen LogP contribution in [0.2, 0.25) is 0 Å². The van der Waals surface area contributed by atoms with E-state index in [0.717, 1.165) is 0 Å². The highest BCUT2D eigenvalue weighted by molar-refractivity contribution is 9.10. The average molecular weight is 270 g/mol. The summed E-state index contributed by atoms with van der Waals surface area (Å²) in [5.41, 5.74) is 1.33. The largest absolute Gasteiger partial charge is 0.325 e. The van der Waals surface area contributed by atoms with E-state index in [4.69, 9.17) is 0 Å². The second-order valence-electron chi connectivity index (χ2n) is 3.24. The zero-order valence-corrected chi connectivity index (χ0v) is 10.2. The van der Waals surface area contributed by atoms with Crippen LogP contribution in [0.5, 0.6) is 0 Å². The molecule has 15 heavy (non-hydrogen) atoms. The average Bonchev–Trinajstić information content (AvgIpc) is 2.18. The fourth-order valence-corrected chi connectivity index (χ4v) is 1.14. The third kappa shape index (κ3) is 3.47. The Bertz CT molecular complexity index is 371. The summed E-state index contributed by atoms with van der Waals surface area (Å²) in [5.74, 6) is -0.0905. The molecule has 0 aromatic heterocycles. The van der Waals surface area contributed by atoms with Crippen molar-refractivity contribution in [2.24, 2.45) is 0 Å². The molecule has 0 radical (unpaired) electrons. The second-order valence-corrected chi connectivity index (χ2v) is 4.61. The molecule has 1 rings (SSSR count). The zero-order chi connectivity index (χ0) is 11.4. The quantitative estimate of drug-likeness (QED) is 0.677. The first-order valence-corrected chi connectivity index (χ1v) is 5.48. The lowest BCUT2D eigenvalue weighted by Gasteiger charge is -2.06. The van der Waals surface area contributed by atoms with E-state index in [9.17, 15) is 9.59 Å². The Morgan fingerprint density at radius 1 is 1.27 bits per heavy atom. The van der Waals surface area contributed by atoms with Gasteiger partial charge in [-0.3, -0.25) is 9.59 Å². The van der Waals surface area contributed by atoms with Gasteiger partial charge in [0.25, 0.3) is 0 Å². The van der Waals surface area contributed by atoms with E-state index >= 15 is 0 Å². The second kappa shape index (κ2) is 5.07. The number of ketones is 1. The fourth-order valence-electron chi connectivity index (χ4n) is 1.03. The molecule has 3 nitrogen and oxygen atoms in total. The molecule has 1 aromatic rings. The lowest BCUT2D eigenvalue weighted by atomic mass is 10.1. The Balaban J connectivity index is 2.73. The molecular formula is C11H12BrNO2. The minimum atomic E-state index is -0.231. The Labute approximate surface area is 97.0 Å². The van der Waals surface area contributed by atoms with Crippen LogP contribution >= 0.6 is 15.9 Å². The first-order chi connectivity index (χ1) is 7.00. The van der Waals surface area contributed by atoms with E-state index in [2.05, 4.69) is 21.2 Å². The maximum absolute atomic E-state index is 11.3. The number of carbonyl (C=O) groups is 2. The van der Waals surface area contributed by atoms with Gasteiger partial charge in [-0.2, -0.15) is 0 Å². The summed E-state index contributed by atoms with van der Waals surface area (Å²) in [5, 5.41) is 2.71. The first-order valence-electron chi connectivity index (χ1n) is 4.56. The standard InChI is InChI=1S/C11H12BrNO2/c1-7(12)11(15)13-10-5-3-9(4-6-10)8(2)14/h3-7H,1-2H3,(H,13,15)/t7-/m0/s1. The van der Waals surface area contributed by atoms with E-state index in [-0.39, 0.29) is 16.5 Å². The number of rotatable bonds is 3. The van der Waals surface area contributed by atoms with Crippen molar-refractivity contribution in [2.45, 2.75) is 18.7 Å². The number of halogens is 1. The molecule has 0 spiro atoms. The molecule has 0 aliphatic heterocycles. The molecule has 0 fully saturated rings. The van der Waals surface area contributed by atoms with E-state index in [1.165, 1.54) is 6.92 Å². The maximum Gasteiger partial charge on any atom is 0.237 e. The lowest BCUT2D eigenvalue weighted by molar-refractivity contribution is -0.115. The van der Waals surface area contributed by atoms with Gasteiger partial charge in [0.1, 0.15) is 0 Å². The SMILES string of the molecule is CC(=O)c1ccc(NC(=O)[C@H](C)Br)cc1. The summed E-state index contributed by atoms with van der Waals surface area (Å²) in [6.07, 6.45) is 0. The monoisotopic (exact) mass is 269 g/mol. The number of anilines is 1. The maximum atomic E-state index is 11.3. The van der Waals surface area contributed by atoms with Crippen LogP contribution in [0.25, 0.3) is 0 Å². The summed E-state index contributed by atoms with van der Waals surface area (Å²) in [4.78, 5) is 22.1. The van der Waals surface area contributed by atoms with E-state index in [1.807, 2.05) is 0 Å². The fraction of sp³-hybridized carbons (Fsp3) is 0.273. The third-order valence-corrected chi connectivity index (χ3v) is 2.34. The van der Waals surface area contributed by atoms with Crippen LogP contribution in [-0.4, -0.2) is 16.5 Å². The predicted molar refractivity (Wildman–Crippen MR) is 63.5 cm³/mol. The van der Waals surface area contributed by atoms with Gasteiger partial charge in [0.05, 0.1) is 4.83 Å². The molecule has 1 aromatic carbocycles. The van der Waals surface area contributed by atoms with Gasteiger partial charge < -0.3 is 5.32 Å². The molecule has 1 atom stereocenters. The van der Waals surface area contributed by atoms with Crippen LogP contribution in [0, 0.1) is 0 Å². The highest BCUT2D eigenvalue weighted by Gasteiger charge is 2.08. The van der Waals surface area contributed by atoms with Gasteiger partial charge in [-0.15, -0.1) is 0 Å². The Hall–Kier alpha value is -1.16. The number of hydrogen-bond donors (Lipinski definition) is 1. The minimum absolute atomic E-state index is 0.0155. The van der Waals surface area contributed by atoms with Gasteiger partial charge in [-0.05, 0) is 38.1 Å². The molecule has 0 aliphatic rings. The van der Waals surface area contributed by atoms with Crippen molar-refractivity contribution < 1.29 is 9.59 Å². The molecule has 0 heterocycles. The predicted octanol–water partition coefficient (Wildman–Crippen LogP) is 2.61. The first kappa shape index (κ1) is 11.9. The van der Waals surface area contributed by atoms with Crippen molar-refractivity contribution >= 4 is 33.3 Å². The molecule has 4 heteroatoms. The van der Waals surface area contributed by atoms with E-state index in [0.29, 0.717) is 11.3 Å². The van der Waals surface area contributed by atoms with Crippen molar-refractivity contribution in [2.75, 3.05) is 5.32 Å². The van der Waals surface area contributed by atoms with Gasteiger partial charge in [0.15, 0.2) is 5.78 Å². The number of benzene rings is 1. The van der Waals surface area contributed by atoms with Gasteiger partial charge in [-0.25, -0.2) is 0 Å². The highest BCUT2D eigenvalue weighted by atomic mass is 79.9. The van der Waals surface area contributed by atoms with Gasteiger partial charge in [0.2, 0.25) is 5.91 Å². The summed E-state index contributed by atoms with van der Waals surface area (Å²) < 4.78 is 0. The van der Waals surface area contributed by atoms with Crippen LogP contribution in [0.3, 0.4) is 0 Å². The minimum Gasteiger partial charge on any atom is -0.325 e. The summed E-state index contributed by atoms with van der Waals surface area (Å²) in [7, 11) is 0. The van der Waals surface area contributed by atoms with Crippen LogP contribution in [0.4, 0.5) is 5.69 Å². The molecule has 0 bridgehead atoms.